The standard InChI is InChI=1S/C12H14BrNO2/c13-10-4-1-3-9(7-10)8-16-12(15)11-5-2-6-14-11/h1,3-4,7,11,14H,2,5-6,8H2/t11-/m1/s1. The fourth-order valence-corrected chi connectivity index (χ4v) is 2.21. The lowest BCUT2D eigenvalue weighted by molar-refractivity contribution is -0.147. The van der Waals surface area contributed by atoms with Crippen molar-refractivity contribution >= 4 is 21.9 Å². The van der Waals surface area contributed by atoms with Crippen LogP contribution in [-0.4, -0.2) is 18.6 Å². The second-order valence-corrected chi connectivity index (χ2v) is 4.80. The summed E-state index contributed by atoms with van der Waals surface area (Å²) < 4.78 is 6.24. The minimum Gasteiger partial charge on any atom is -0.460 e. The van der Waals surface area contributed by atoms with Gasteiger partial charge in [0.1, 0.15) is 12.6 Å². The van der Waals surface area contributed by atoms with Crippen LogP contribution in [0.15, 0.2) is 28.7 Å². The van der Waals surface area contributed by atoms with E-state index in [1.165, 1.54) is 0 Å². The molecule has 1 aromatic carbocycles. The van der Waals surface area contributed by atoms with Gasteiger partial charge in [0, 0.05) is 4.47 Å². The SMILES string of the molecule is O=C(OCc1cccc(Br)c1)[C@H]1CCCN1. The van der Waals surface area contributed by atoms with E-state index in [4.69, 9.17) is 4.74 Å². The quantitative estimate of drug-likeness (QED) is 0.865. The molecule has 2 rings (SSSR count). The van der Waals surface area contributed by atoms with Crippen LogP contribution in [0.1, 0.15) is 18.4 Å². The fraction of sp³-hybridized carbons (Fsp3) is 0.417. The summed E-state index contributed by atoms with van der Waals surface area (Å²) in [6.45, 7) is 1.26. The normalized spacial score (nSPS) is 19.7. The van der Waals surface area contributed by atoms with Crippen LogP contribution in [0.3, 0.4) is 0 Å². The van der Waals surface area contributed by atoms with Crippen LogP contribution in [0.5, 0.6) is 0 Å². The van der Waals surface area contributed by atoms with Gasteiger partial charge in [0.2, 0.25) is 0 Å². The van der Waals surface area contributed by atoms with E-state index in [9.17, 15) is 4.79 Å². The molecule has 1 atom stereocenters. The molecule has 0 unspecified atom stereocenters. The van der Waals surface area contributed by atoms with Gasteiger partial charge in [-0.15, -0.1) is 0 Å². The molecule has 0 spiro atoms. The summed E-state index contributed by atoms with van der Waals surface area (Å²) in [5, 5.41) is 3.12. The Labute approximate surface area is 103 Å². The first-order chi connectivity index (χ1) is 7.75. The van der Waals surface area contributed by atoms with Gasteiger partial charge in [0.15, 0.2) is 0 Å². The van der Waals surface area contributed by atoms with Gasteiger partial charge in [-0.25, -0.2) is 0 Å². The maximum absolute atomic E-state index is 11.6. The first-order valence-electron chi connectivity index (χ1n) is 5.40. The fourth-order valence-electron chi connectivity index (χ4n) is 1.77. The van der Waals surface area contributed by atoms with Crippen molar-refractivity contribution in [3.63, 3.8) is 0 Å². The Kier molecular flexibility index (Phi) is 3.96. The molecule has 3 nitrogen and oxygen atoms in total. The average Bonchev–Trinajstić information content (AvgIpc) is 2.79. The maximum Gasteiger partial charge on any atom is 0.323 e. The van der Waals surface area contributed by atoms with Gasteiger partial charge in [0.25, 0.3) is 0 Å². The van der Waals surface area contributed by atoms with Crippen LogP contribution >= 0.6 is 15.9 Å². The molecule has 0 amide bonds. The zero-order chi connectivity index (χ0) is 11.4. The van der Waals surface area contributed by atoms with Crippen LogP contribution < -0.4 is 5.32 Å². The molecular weight excluding hydrogens is 270 g/mol. The largest absolute Gasteiger partial charge is 0.460 e. The number of halogens is 1. The van der Waals surface area contributed by atoms with Gasteiger partial charge in [-0.1, -0.05) is 28.1 Å². The van der Waals surface area contributed by atoms with Crippen molar-refractivity contribution in [2.75, 3.05) is 6.54 Å². The summed E-state index contributed by atoms with van der Waals surface area (Å²) in [5.74, 6) is -0.141. The Hall–Kier alpha value is -0.870. The highest BCUT2D eigenvalue weighted by Crippen LogP contribution is 2.13. The molecule has 1 saturated heterocycles. The average molecular weight is 284 g/mol. The zero-order valence-corrected chi connectivity index (χ0v) is 10.5. The van der Waals surface area contributed by atoms with Crippen molar-refractivity contribution in [2.45, 2.75) is 25.5 Å². The number of ether oxygens (including phenoxy) is 1. The van der Waals surface area contributed by atoms with E-state index in [-0.39, 0.29) is 12.0 Å². The Morgan fingerprint density at radius 2 is 2.44 bits per heavy atom. The van der Waals surface area contributed by atoms with Gasteiger partial charge in [-0.2, -0.15) is 0 Å². The lowest BCUT2D eigenvalue weighted by Gasteiger charge is -2.10. The molecule has 86 valence electrons. The van der Waals surface area contributed by atoms with Gasteiger partial charge in [-0.05, 0) is 37.1 Å². The zero-order valence-electron chi connectivity index (χ0n) is 8.91. The van der Waals surface area contributed by atoms with E-state index in [1.54, 1.807) is 0 Å². The summed E-state index contributed by atoms with van der Waals surface area (Å²) in [5.41, 5.74) is 1.00. The topological polar surface area (TPSA) is 38.3 Å². The van der Waals surface area contributed by atoms with E-state index in [0.717, 1.165) is 29.4 Å². The Bertz CT molecular complexity index is 375. The number of carbonyl (C=O) groups excluding carboxylic acids is 1. The minimum absolute atomic E-state index is 0.104. The summed E-state index contributed by atoms with van der Waals surface area (Å²) in [4.78, 5) is 11.6. The van der Waals surface area contributed by atoms with Crippen LogP contribution in [0.25, 0.3) is 0 Å². The number of carbonyl (C=O) groups is 1. The molecule has 1 aromatic rings. The second kappa shape index (κ2) is 5.46. The molecule has 1 aliphatic heterocycles. The predicted molar refractivity (Wildman–Crippen MR) is 65.0 cm³/mol. The number of hydrogen-bond donors (Lipinski definition) is 1. The Balaban J connectivity index is 1.84. The van der Waals surface area contributed by atoms with Gasteiger partial charge in [-0.3, -0.25) is 4.79 Å². The van der Waals surface area contributed by atoms with Crippen LogP contribution in [0, 0.1) is 0 Å². The first kappa shape index (κ1) is 11.6. The maximum atomic E-state index is 11.6. The van der Waals surface area contributed by atoms with Crippen LogP contribution in [0.2, 0.25) is 0 Å². The monoisotopic (exact) mass is 283 g/mol. The lowest BCUT2D eigenvalue weighted by Crippen LogP contribution is -2.32. The van der Waals surface area contributed by atoms with E-state index in [0.29, 0.717) is 6.61 Å². The van der Waals surface area contributed by atoms with Crippen molar-refractivity contribution in [3.8, 4) is 0 Å². The molecule has 0 aromatic heterocycles. The summed E-state index contributed by atoms with van der Waals surface area (Å²) in [6.07, 6.45) is 1.94. The third-order valence-corrected chi connectivity index (χ3v) is 3.11. The van der Waals surface area contributed by atoms with Crippen molar-refractivity contribution in [1.29, 1.82) is 0 Å². The molecule has 1 N–H and O–H groups in total. The molecular formula is C12H14BrNO2. The summed E-state index contributed by atoms with van der Waals surface area (Å²) >= 11 is 3.38. The molecule has 0 aliphatic carbocycles. The molecule has 0 radical (unpaired) electrons. The van der Waals surface area contributed by atoms with Crippen molar-refractivity contribution < 1.29 is 9.53 Å². The summed E-state index contributed by atoms with van der Waals surface area (Å²) in [6, 6.07) is 7.67. The smallest absolute Gasteiger partial charge is 0.323 e. The number of benzene rings is 1. The summed E-state index contributed by atoms with van der Waals surface area (Å²) in [7, 11) is 0. The Morgan fingerprint density at radius 1 is 1.56 bits per heavy atom. The van der Waals surface area contributed by atoms with E-state index >= 15 is 0 Å². The van der Waals surface area contributed by atoms with E-state index in [1.807, 2.05) is 24.3 Å². The van der Waals surface area contributed by atoms with Crippen molar-refractivity contribution in [1.82, 2.24) is 5.32 Å². The highest BCUT2D eigenvalue weighted by atomic mass is 79.9. The Morgan fingerprint density at radius 3 is 3.12 bits per heavy atom. The molecule has 4 heteroatoms. The third kappa shape index (κ3) is 3.06. The van der Waals surface area contributed by atoms with Crippen molar-refractivity contribution in [2.24, 2.45) is 0 Å². The number of rotatable bonds is 3. The molecule has 1 fully saturated rings. The van der Waals surface area contributed by atoms with E-state index in [2.05, 4.69) is 21.2 Å². The van der Waals surface area contributed by atoms with Crippen molar-refractivity contribution in [3.05, 3.63) is 34.3 Å². The van der Waals surface area contributed by atoms with Gasteiger partial charge >= 0.3 is 5.97 Å². The first-order valence-corrected chi connectivity index (χ1v) is 6.19. The lowest BCUT2D eigenvalue weighted by atomic mass is 10.2. The molecule has 16 heavy (non-hydrogen) atoms. The number of nitrogens with one attached hydrogen (secondary N) is 1. The molecule has 1 heterocycles. The van der Waals surface area contributed by atoms with Crippen LogP contribution in [0.4, 0.5) is 0 Å². The molecule has 0 saturated carbocycles. The van der Waals surface area contributed by atoms with Crippen LogP contribution in [-0.2, 0) is 16.1 Å². The highest BCUT2D eigenvalue weighted by molar-refractivity contribution is 9.10. The third-order valence-electron chi connectivity index (χ3n) is 2.61. The highest BCUT2D eigenvalue weighted by Gasteiger charge is 2.23. The molecule has 0 bridgehead atoms. The number of hydrogen-bond acceptors (Lipinski definition) is 3. The predicted octanol–water partition coefficient (Wildman–Crippen LogP) is 2.24. The number of esters is 1. The minimum atomic E-state index is -0.141. The second-order valence-electron chi connectivity index (χ2n) is 3.89. The van der Waals surface area contributed by atoms with E-state index < -0.39 is 0 Å². The molecule has 1 aliphatic rings. The van der Waals surface area contributed by atoms with Gasteiger partial charge < -0.3 is 10.1 Å². The van der Waals surface area contributed by atoms with Gasteiger partial charge in [0.05, 0.1) is 0 Å².